The van der Waals surface area contributed by atoms with Crippen molar-refractivity contribution in [1.29, 1.82) is 0 Å². The summed E-state index contributed by atoms with van der Waals surface area (Å²) in [6.45, 7) is 1.49. The first-order chi connectivity index (χ1) is 17.6. The molecular weight excluding hydrogens is 468 g/mol. The molecule has 3 aromatic carbocycles. The zero-order valence-corrected chi connectivity index (χ0v) is 21.7. The summed E-state index contributed by atoms with van der Waals surface area (Å²) in [5.41, 5.74) is 3.57. The summed E-state index contributed by atoms with van der Waals surface area (Å²) in [5, 5.41) is 14.0. The average Bonchev–Trinajstić information content (AvgIpc) is 2.93. The Morgan fingerprint density at radius 3 is 2.33 bits per heavy atom. The molecule has 3 heterocycles. The molecule has 4 unspecified atom stereocenters. The predicted octanol–water partition coefficient (Wildman–Crippen LogP) is 5.25. The van der Waals surface area contributed by atoms with Gasteiger partial charge in [-0.3, -0.25) is 9.69 Å². The number of carboxylic acid groups (broad SMARTS) is 1. The summed E-state index contributed by atoms with van der Waals surface area (Å²) >= 11 is 1.72. The number of hydrogen-bond donors (Lipinski definition) is 2. The molecule has 188 valence electrons. The van der Waals surface area contributed by atoms with Crippen molar-refractivity contribution in [1.82, 2.24) is 10.2 Å². The molecule has 5 atom stereocenters. The lowest BCUT2D eigenvalue weighted by Crippen LogP contribution is -2.69. The topological polar surface area (TPSA) is 61.8 Å². The zero-order chi connectivity index (χ0) is 25.1. The molecule has 0 saturated carbocycles. The van der Waals surface area contributed by atoms with Crippen molar-refractivity contribution in [2.75, 3.05) is 19.9 Å². The maximum absolute atomic E-state index is 12.3. The first-order valence-electron chi connectivity index (χ1n) is 12.6. The highest BCUT2D eigenvalue weighted by Gasteiger charge is 2.52. The van der Waals surface area contributed by atoms with Gasteiger partial charge < -0.3 is 15.2 Å². The summed E-state index contributed by atoms with van der Waals surface area (Å²) in [7, 11) is 1.72. The number of nitrogens with zero attached hydrogens (tertiary/aromatic N) is 1. The van der Waals surface area contributed by atoms with E-state index in [0.717, 1.165) is 24.3 Å². The normalized spacial score (nSPS) is 25.1. The van der Waals surface area contributed by atoms with Crippen LogP contribution >= 0.6 is 11.8 Å². The van der Waals surface area contributed by atoms with Gasteiger partial charge in [0.05, 0.1) is 7.11 Å². The minimum absolute atomic E-state index is 0.0260. The van der Waals surface area contributed by atoms with Crippen LogP contribution in [0.1, 0.15) is 35.4 Å². The Morgan fingerprint density at radius 1 is 1.08 bits per heavy atom. The molecule has 36 heavy (non-hydrogen) atoms. The molecular formula is C30H34N2O3S. The largest absolute Gasteiger partial charge is 0.496 e. The summed E-state index contributed by atoms with van der Waals surface area (Å²) in [4.78, 5) is 15.8. The van der Waals surface area contributed by atoms with Crippen molar-refractivity contribution in [2.24, 2.45) is 5.92 Å². The van der Waals surface area contributed by atoms with Crippen LogP contribution in [-0.4, -0.2) is 54.0 Å². The van der Waals surface area contributed by atoms with Gasteiger partial charge in [0.15, 0.2) is 0 Å². The molecule has 5 nitrogen and oxygen atoms in total. The Hall–Kier alpha value is -2.80. The Bertz CT molecular complexity index is 1130. The van der Waals surface area contributed by atoms with Crippen LogP contribution in [0.5, 0.6) is 5.75 Å². The highest BCUT2D eigenvalue weighted by Crippen LogP contribution is 2.44. The molecule has 6 heteroatoms. The van der Waals surface area contributed by atoms with Gasteiger partial charge in [0, 0.05) is 35.0 Å². The zero-order valence-electron chi connectivity index (χ0n) is 20.8. The lowest BCUT2D eigenvalue weighted by molar-refractivity contribution is -0.152. The van der Waals surface area contributed by atoms with E-state index >= 15 is 0 Å². The lowest BCUT2D eigenvalue weighted by Gasteiger charge is -2.56. The first-order valence-corrected chi connectivity index (χ1v) is 13.9. The second kappa shape index (κ2) is 11.1. The lowest BCUT2D eigenvalue weighted by atomic mass is 9.68. The van der Waals surface area contributed by atoms with E-state index in [1.54, 1.807) is 18.9 Å². The standard InChI is InChI=1S/C30H34N2O3S/c1-35-26-14-13-24(36-2)17-23(26)19-31-28-22-15-16-32(25(18-22)30(33)34)29(28)27(20-9-5-3-6-10-20)21-11-7-4-8-12-21/h3-14,17,22,25,27-29,31H,15-16,18-19H2,1-2H3,(H,33,34)/t22-,25?,28?,29?/m0/s1. The number of nitrogens with one attached hydrogen (secondary N) is 1. The van der Waals surface area contributed by atoms with Crippen molar-refractivity contribution in [2.45, 2.75) is 48.3 Å². The Labute approximate surface area is 217 Å². The first kappa shape index (κ1) is 24.9. The van der Waals surface area contributed by atoms with Crippen molar-refractivity contribution < 1.29 is 14.6 Å². The van der Waals surface area contributed by atoms with Crippen molar-refractivity contribution >= 4 is 17.7 Å². The summed E-state index contributed by atoms with van der Waals surface area (Å²) in [6, 6.07) is 27.2. The molecule has 0 aliphatic carbocycles. The van der Waals surface area contributed by atoms with Crippen molar-refractivity contribution in [3.63, 3.8) is 0 Å². The fraction of sp³-hybridized carbons (Fsp3) is 0.367. The molecule has 3 fully saturated rings. The van der Waals surface area contributed by atoms with E-state index in [2.05, 4.69) is 77.1 Å². The van der Waals surface area contributed by atoms with E-state index in [-0.39, 0.29) is 18.0 Å². The number of methoxy groups -OCH3 is 1. The van der Waals surface area contributed by atoms with Crippen LogP contribution in [0, 0.1) is 5.92 Å². The molecule has 6 rings (SSSR count). The highest BCUT2D eigenvalue weighted by atomic mass is 32.2. The minimum atomic E-state index is -0.711. The number of thioether (sulfide) groups is 1. The maximum Gasteiger partial charge on any atom is 0.320 e. The van der Waals surface area contributed by atoms with Crippen LogP contribution in [0.25, 0.3) is 0 Å². The van der Waals surface area contributed by atoms with Gasteiger partial charge in [-0.25, -0.2) is 0 Å². The van der Waals surface area contributed by atoms with Gasteiger partial charge in [0.2, 0.25) is 0 Å². The number of rotatable bonds is 9. The molecule has 0 spiro atoms. The SMILES string of the molecule is COc1ccc(SC)cc1CNC1C(C(c2ccccc2)c2ccccc2)N2CC[C@H]1CC2C(=O)O. The fourth-order valence-electron chi connectivity index (χ4n) is 6.26. The second-order valence-electron chi connectivity index (χ2n) is 9.75. The van der Waals surface area contributed by atoms with Crippen molar-refractivity contribution in [3.8, 4) is 5.75 Å². The van der Waals surface area contributed by atoms with Gasteiger partial charge in [-0.2, -0.15) is 0 Å². The number of carboxylic acids is 1. The van der Waals surface area contributed by atoms with Gasteiger partial charge in [0.25, 0.3) is 0 Å². The van der Waals surface area contributed by atoms with Crippen LogP contribution in [0.4, 0.5) is 0 Å². The predicted molar refractivity (Wildman–Crippen MR) is 145 cm³/mol. The third-order valence-electron chi connectivity index (χ3n) is 7.90. The molecule has 3 aliphatic rings. The highest BCUT2D eigenvalue weighted by molar-refractivity contribution is 7.98. The summed E-state index contributed by atoms with van der Waals surface area (Å²) < 4.78 is 5.67. The number of benzene rings is 3. The Balaban J connectivity index is 1.54. The van der Waals surface area contributed by atoms with E-state index in [1.807, 2.05) is 18.2 Å². The molecule has 0 amide bonds. The number of aliphatic carboxylic acids is 1. The van der Waals surface area contributed by atoms with Gasteiger partial charge in [-0.1, -0.05) is 60.7 Å². The molecule has 2 bridgehead atoms. The second-order valence-corrected chi connectivity index (χ2v) is 10.6. The molecule has 0 radical (unpaired) electrons. The number of hydrogen-bond acceptors (Lipinski definition) is 5. The van der Waals surface area contributed by atoms with Crippen LogP contribution in [0.3, 0.4) is 0 Å². The summed E-state index contributed by atoms with van der Waals surface area (Å²) in [6.07, 6.45) is 3.77. The van der Waals surface area contributed by atoms with E-state index in [9.17, 15) is 9.90 Å². The number of carbonyl (C=O) groups is 1. The monoisotopic (exact) mass is 502 g/mol. The number of fused-ring (bicyclic) bond motifs is 3. The third kappa shape index (κ3) is 4.90. The number of piperidine rings is 3. The van der Waals surface area contributed by atoms with E-state index < -0.39 is 12.0 Å². The van der Waals surface area contributed by atoms with Crippen LogP contribution in [0.2, 0.25) is 0 Å². The van der Waals surface area contributed by atoms with Crippen molar-refractivity contribution in [3.05, 3.63) is 95.6 Å². The van der Waals surface area contributed by atoms with E-state index in [0.29, 0.717) is 18.9 Å². The van der Waals surface area contributed by atoms with Crippen LogP contribution in [-0.2, 0) is 11.3 Å². The average molecular weight is 503 g/mol. The Morgan fingerprint density at radius 2 is 1.75 bits per heavy atom. The molecule has 3 aromatic rings. The Kier molecular flexibility index (Phi) is 7.65. The van der Waals surface area contributed by atoms with Gasteiger partial charge in [-0.15, -0.1) is 11.8 Å². The maximum atomic E-state index is 12.3. The molecule has 3 saturated heterocycles. The van der Waals surface area contributed by atoms with Gasteiger partial charge in [-0.05, 0) is 60.9 Å². The van der Waals surface area contributed by atoms with Crippen LogP contribution in [0.15, 0.2) is 83.8 Å². The van der Waals surface area contributed by atoms with Gasteiger partial charge >= 0.3 is 5.97 Å². The molecule has 2 N–H and O–H groups in total. The third-order valence-corrected chi connectivity index (χ3v) is 8.63. The molecule has 3 aliphatic heterocycles. The van der Waals surface area contributed by atoms with Crippen LogP contribution < -0.4 is 10.1 Å². The molecule has 0 aromatic heterocycles. The van der Waals surface area contributed by atoms with E-state index in [1.165, 1.54) is 16.0 Å². The summed E-state index contributed by atoms with van der Waals surface area (Å²) in [5.74, 6) is 0.529. The quantitative estimate of drug-likeness (QED) is 0.390. The van der Waals surface area contributed by atoms with E-state index in [4.69, 9.17) is 4.74 Å². The fourth-order valence-corrected chi connectivity index (χ4v) is 6.73. The van der Waals surface area contributed by atoms with Gasteiger partial charge in [0.1, 0.15) is 11.8 Å². The smallest absolute Gasteiger partial charge is 0.320 e. The minimum Gasteiger partial charge on any atom is -0.496 e. The number of ether oxygens (including phenoxy) is 1.